The predicted molar refractivity (Wildman–Crippen MR) is 94.3 cm³/mol. The molecule has 1 fully saturated rings. The Morgan fingerprint density at radius 3 is 2.86 bits per heavy atom. The van der Waals surface area contributed by atoms with Gasteiger partial charge >= 0.3 is 0 Å². The van der Waals surface area contributed by atoms with E-state index in [4.69, 9.17) is 0 Å². The Kier molecular flexibility index (Phi) is 7.40. The van der Waals surface area contributed by atoms with Crippen LogP contribution < -0.4 is 5.32 Å². The number of hydrogen-bond acceptors (Lipinski definition) is 5. The lowest BCUT2D eigenvalue weighted by Gasteiger charge is -2.36. The van der Waals surface area contributed by atoms with Gasteiger partial charge in [0.05, 0.1) is 0 Å². The van der Waals surface area contributed by atoms with Crippen LogP contribution in [0.2, 0.25) is 0 Å². The van der Waals surface area contributed by atoms with E-state index in [2.05, 4.69) is 59.7 Å². The van der Waals surface area contributed by atoms with E-state index in [1.165, 1.54) is 24.3 Å². The minimum Gasteiger partial charge on any atom is -0.312 e. The van der Waals surface area contributed by atoms with Crippen molar-refractivity contribution in [3.63, 3.8) is 0 Å². The third-order valence-corrected chi connectivity index (χ3v) is 7.35. The molecule has 21 heavy (non-hydrogen) atoms. The fourth-order valence-corrected chi connectivity index (χ4v) is 6.12. The number of aryl methyl sites for hydroxylation is 1. The van der Waals surface area contributed by atoms with Crippen LogP contribution in [0.5, 0.6) is 0 Å². The third kappa shape index (κ3) is 4.63. The highest BCUT2D eigenvalue weighted by molar-refractivity contribution is 8.07. The summed E-state index contributed by atoms with van der Waals surface area (Å²) < 4.78 is 2.03. The number of aromatic nitrogens is 3. The van der Waals surface area contributed by atoms with E-state index in [0.717, 1.165) is 30.6 Å². The Morgan fingerprint density at radius 2 is 2.14 bits per heavy atom. The van der Waals surface area contributed by atoms with Crippen molar-refractivity contribution in [2.45, 2.75) is 63.1 Å². The smallest absolute Gasteiger partial charge is 0.138 e. The van der Waals surface area contributed by atoms with Gasteiger partial charge in [-0.2, -0.15) is 28.6 Å². The lowest BCUT2D eigenvalue weighted by molar-refractivity contribution is 0.456. The van der Waals surface area contributed by atoms with Crippen molar-refractivity contribution >= 4 is 23.5 Å². The highest BCUT2D eigenvalue weighted by Crippen LogP contribution is 2.35. The maximum absolute atomic E-state index is 4.48. The molecule has 1 N–H and O–H groups in total. The van der Waals surface area contributed by atoms with Crippen LogP contribution in [0.1, 0.15) is 39.4 Å². The third-order valence-electron chi connectivity index (χ3n) is 3.95. The molecule has 4 nitrogen and oxygen atoms in total. The summed E-state index contributed by atoms with van der Waals surface area (Å²) in [6, 6.07) is 0.502. The molecule has 0 amide bonds. The second-order valence-corrected chi connectivity index (χ2v) is 8.04. The molecule has 0 aromatic carbocycles. The fraction of sp³-hybridized carbons (Fsp3) is 0.867. The van der Waals surface area contributed by atoms with Gasteiger partial charge in [0, 0.05) is 41.0 Å². The summed E-state index contributed by atoms with van der Waals surface area (Å²) >= 11 is 4.30. The Labute approximate surface area is 137 Å². The Hall–Kier alpha value is -0.200. The zero-order valence-electron chi connectivity index (χ0n) is 13.4. The van der Waals surface area contributed by atoms with Gasteiger partial charge in [0.1, 0.15) is 12.2 Å². The van der Waals surface area contributed by atoms with Crippen molar-refractivity contribution in [2.75, 3.05) is 18.1 Å². The van der Waals surface area contributed by atoms with Crippen molar-refractivity contribution < 1.29 is 0 Å². The summed E-state index contributed by atoms with van der Waals surface area (Å²) in [6.45, 7) is 8.68. The molecule has 3 atom stereocenters. The highest BCUT2D eigenvalue weighted by Gasteiger charge is 2.32. The molecular formula is C15H28N4S2. The molecule has 3 unspecified atom stereocenters. The number of hydrogen-bond donors (Lipinski definition) is 1. The minimum atomic E-state index is 0.502. The van der Waals surface area contributed by atoms with Crippen LogP contribution in [0.25, 0.3) is 0 Å². The van der Waals surface area contributed by atoms with Crippen LogP contribution in [-0.4, -0.2) is 49.4 Å². The lowest BCUT2D eigenvalue weighted by Crippen LogP contribution is -2.47. The van der Waals surface area contributed by atoms with E-state index in [1.54, 1.807) is 6.33 Å². The Balaban J connectivity index is 2.09. The monoisotopic (exact) mass is 328 g/mol. The van der Waals surface area contributed by atoms with Crippen LogP contribution >= 0.6 is 23.5 Å². The van der Waals surface area contributed by atoms with Crippen LogP contribution in [0.3, 0.4) is 0 Å². The van der Waals surface area contributed by atoms with Crippen molar-refractivity contribution in [3.8, 4) is 0 Å². The molecule has 0 bridgehead atoms. The zero-order chi connectivity index (χ0) is 15.1. The molecule has 0 radical (unpaired) electrons. The summed E-state index contributed by atoms with van der Waals surface area (Å²) in [5.74, 6) is 3.69. The first kappa shape index (κ1) is 17.2. The second-order valence-electron chi connectivity index (χ2n) is 5.41. The van der Waals surface area contributed by atoms with Gasteiger partial charge in [-0.3, -0.25) is 4.68 Å². The van der Waals surface area contributed by atoms with E-state index < -0.39 is 0 Å². The number of nitrogens with one attached hydrogen (secondary N) is 1. The van der Waals surface area contributed by atoms with Gasteiger partial charge in [-0.25, -0.2) is 4.98 Å². The van der Waals surface area contributed by atoms with Gasteiger partial charge < -0.3 is 5.32 Å². The van der Waals surface area contributed by atoms with Gasteiger partial charge in [0.2, 0.25) is 0 Å². The van der Waals surface area contributed by atoms with Gasteiger partial charge in [-0.15, -0.1) is 0 Å². The number of rotatable bonds is 8. The normalized spacial score (nSPS) is 24.1. The van der Waals surface area contributed by atoms with Gasteiger partial charge in [0.15, 0.2) is 0 Å². The first-order chi connectivity index (χ1) is 10.3. The van der Waals surface area contributed by atoms with Crippen molar-refractivity contribution in [3.05, 3.63) is 12.2 Å². The fourth-order valence-electron chi connectivity index (χ4n) is 2.85. The SMILES string of the molecule is CCCNC(Cc1ncnn1CC)C1SCCSC1CC. The molecule has 0 aliphatic carbocycles. The molecule has 6 heteroatoms. The van der Waals surface area contributed by atoms with E-state index in [1.807, 2.05) is 4.68 Å². The molecule has 0 saturated carbocycles. The van der Waals surface area contributed by atoms with Crippen LogP contribution in [0.4, 0.5) is 0 Å². The van der Waals surface area contributed by atoms with Gasteiger partial charge in [-0.05, 0) is 26.3 Å². The largest absolute Gasteiger partial charge is 0.312 e. The summed E-state index contributed by atoms with van der Waals surface area (Å²) in [5.41, 5.74) is 0. The molecule has 1 saturated heterocycles. The van der Waals surface area contributed by atoms with Crippen LogP contribution in [0, 0.1) is 0 Å². The maximum Gasteiger partial charge on any atom is 0.138 e. The average Bonchev–Trinajstić information content (AvgIpc) is 2.98. The topological polar surface area (TPSA) is 42.7 Å². The Bertz CT molecular complexity index is 410. The molecule has 1 aliphatic rings. The summed E-state index contributed by atoms with van der Waals surface area (Å²) in [6.07, 6.45) is 5.11. The van der Waals surface area contributed by atoms with E-state index in [-0.39, 0.29) is 0 Å². The average molecular weight is 329 g/mol. The predicted octanol–water partition coefficient (Wildman–Crippen LogP) is 2.84. The molecular weight excluding hydrogens is 300 g/mol. The molecule has 1 aromatic heterocycles. The van der Waals surface area contributed by atoms with Crippen LogP contribution in [0.15, 0.2) is 6.33 Å². The first-order valence-electron chi connectivity index (χ1n) is 8.13. The molecule has 120 valence electrons. The molecule has 0 spiro atoms. The highest BCUT2D eigenvalue weighted by atomic mass is 32.2. The van der Waals surface area contributed by atoms with E-state index >= 15 is 0 Å². The van der Waals surface area contributed by atoms with E-state index in [9.17, 15) is 0 Å². The zero-order valence-corrected chi connectivity index (χ0v) is 15.1. The van der Waals surface area contributed by atoms with Gasteiger partial charge in [0.25, 0.3) is 0 Å². The van der Waals surface area contributed by atoms with Crippen LogP contribution in [-0.2, 0) is 13.0 Å². The second kappa shape index (κ2) is 9.06. The standard InChI is InChI=1S/C15H28N4S2/c1-4-7-16-12(10-14-17-11-18-19(14)6-3)15-13(5-2)20-8-9-21-15/h11-13,15-16H,4-10H2,1-3H3. The quantitative estimate of drug-likeness (QED) is 0.795. The Morgan fingerprint density at radius 1 is 1.33 bits per heavy atom. The molecule has 2 heterocycles. The molecule has 1 aliphatic heterocycles. The van der Waals surface area contributed by atoms with Crippen molar-refractivity contribution in [1.29, 1.82) is 0 Å². The van der Waals surface area contributed by atoms with Crippen molar-refractivity contribution in [1.82, 2.24) is 20.1 Å². The molecule has 2 rings (SSSR count). The van der Waals surface area contributed by atoms with Gasteiger partial charge in [-0.1, -0.05) is 13.8 Å². The number of thioether (sulfide) groups is 2. The summed E-state index contributed by atoms with van der Waals surface area (Å²) in [7, 11) is 0. The number of nitrogens with zero attached hydrogens (tertiary/aromatic N) is 3. The minimum absolute atomic E-state index is 0.502. The maximum atomic E-state index is 4.48. The van der Waals surface area contributed by atoms with Crippen molar-refractivity contribution in [2.24, 2.45) is 0 Å². The van der Waals surface area contributed by atoms with E-state index in [0.29, 0.717) is 11.3 Å². The molecule has 1 aromatic rings. The summed E-state index contributed by atoms with van der Waals surface area (Å²) in [5, 5.41) is 9.54. The summed E-state index contributed by atoms with van der Waals surface area (Å²) in [4.78, 5) is 4.48. The first-order valence-corrected chi connectivity index (χ1v) is 10.2. The lowest BCUT2D eigenvalue weighted by atomic mass is 10.0.